The molecule has 0 saturated heterocycles. The zero-order valence-corrected chi connectivity index (χ0v) is 9.03. The maximum Gasteiger partial charge on any atom is 0.313 e. The molecule has 0 aromatic carbocycles. The van der Waals surface area contributed by atoms with Crippen LogP contribution >= 0.6 is 23.1 Å². The summed E-state index contributed by atoms with van der Waals surface area (Å²) in [6.45, 7) is 0. The van der Waals surface area contributed by atoms with Gasteiger partial charge in [-0.2, -0.15) is 16.0 Å². The van der Waals surface area contributed by atoms with Crippen molar-refractivity contribution < 1.29 is 9.90 Å². The zero-order chi connectivity index (χ0) is 10.7. The number of aromatic nitrogens is 4. The summed E-state index contributed by atoms with van der Waals surface area (Å²) in [4.78, 5) is 10.4. The van der Waals surface area contributed by atoms with Crippen LogP contribution in [-0.2, 0) is 4.79 Å². The third-order valence-corrected chi connectivity index (χ3v) is 3.09. The van der Waals surface area contributed by atoms with Crippen LogP contribution in [0.5, 0.6) is 0 Å². The number of carboxylic acids is 1. The summed E-state index contributed by atoms with van der Waals surface area (Å²) in [6, 6.07) is 1.87. The molecule has 6 nitrogen and oxygen atoms in total. The van der Waals surface area contributed by atoms with Crippen molar-refractivity contribution in [3.63, 3.8) is 0 Å². The predicted octanol–water partition coefficient (Wildman–Crippen LogP) is 0.900. The molecule has 0 atom stereocenters. The number of tetrazole rings is 1. The van der Waals surface area contributed by atoms with Gasteiger partial charge in [-0.3, -0.25) is 4.79 Å². The number of nitrogens with zero attached hydrogens (tertiary/aromatic N) is 4. The minimum Gasteiger partial charge on any atom is -0.481 e. The Morgan fingerprint density at radius 2 is 2.53 bits per heavy atom. The fourth-order valence-electron chi connectivity index (χ4n) is 0.935. The second-order valence-electron chi connectivity index (χ2n) is 2.54. The Bertz CT molecular complexity index is 453. The standard InChI is InChI=1S/C7H6N4O2S2/c12-6(13)4-15-7-8-9-10-11(7)5-1-2-14-3-5/h1-3H,4H2,(H,12,13). The Balaban J connectivity index is 2.19. The number of thioether (sulfide) groups is 1. The number of rotatable bonds is 4. The van der Waals surface area contributed by atoms with Crippen LogP contribution in [0.3, 0.4) is 0 Å². The molecular weight excluding hydrogens is 236 g/mol. The van der Waals surface area contributed by atoms with E-state index in [4.69, 9.17) is 5.11 Å². The lowest BCUT2D eigenvalue weighted by molar-refractivity contribution is -0.133. The van der Waals surface area contributed by atoms with Crippen molar-refractivity contribution >= 4 is 29.1 Å². The van der Waals surface area contributed by atoms with Gasteiger partial charge in [-0.25, -0.2) is 0 Å². The first-order valence-electron chi connectivity index (χ1n) is 3.93. The van der Waals surface area contributed by atoms with Crippen LogP contribution in [0.1, 0.15) is 0 Å². The summed E-state index contributed by atoms with van der Waals surface area (Å²) in [5.41, 5.74) is 0.845. The zero-order valence-electron chi connectivity index (χ0n) is 7.40. The van der Waals surface area contributed by atoms with Gasteiger partial charge in [0.05, 0.1) is 11.4 Å². The van der Waals surface area contributed by atoms with Crippen LogP contribution in [0.2, 0.25) is 0 Å². The second-order valence-corrected chi connectivity index (χ2v) is 4.26. The van der Waals surface area contributed by atoms with Crippen molar-refractivity contribution in [1.82, 2.24) is 20.2 Å². The van der Waals surface area contributed by atoms with Gasteiger partial charge in [0, 0.05) is 5.38 Å². The van der Waals surface area contributed by atoms with Gasteiger partial charge in [-0.1, -0.05) is 11.8 Å². The average Bonchev–Trinajstić information content (AvgIpc) is 2.85. The van der Waals surface area contributed by atoms with Gasteiger partial charge in [-0.05, 0) is 21.9 Å². The van der Waals surface area contributed by atoms with Gasteiger partial charge in [-0.15, -0.1) is 5.10 Å². The first kappa shape index (κ1) is 10.1. The molecule has 2 rings (SSSR count). The van der Waals surface area contributed by atoms with Gasteiger partial charge in [0.25, 0.3) is 0 Å². The summed E-state index contributed by atoms with van der Waals surface area (Å²) in [5.74, 6) is -0.940. The lowest BCUT2D eigenvalue weighted by atomic mass is 10.5. The smallest absolute Gasteiger partial charge is 0.313 e. The summed E-state index contributed by atoms with van der Waals surface area (Å²) >= 11 is 2.62. The topological polar surface area (TPSA) is 80.9 Å². The van der Waals surface area contributed by atoms with Crippen molar-refractivity contribution in [2.45, 2.75) is 5.16 Å². The number of carboxylic acid groups (broad SMARTS) is 1. The Morgan fingerprint density at radius 3 is 3.20 bits per heavy atom. The number of hydrogen-bond donors (Lipinski definition) is 1. The maximum absolute atomic E-state index is 10.4. The van der Waals surface area contributed by atoms with Crippen LogP contribution < -0.4 is 0 Å². The van der Waals surface area contributed by atoms with Crippen molar-refractivity contribution in [2.75, 3.05) is 5.75 Å². The molecular formula is C7H6N4O2S2. The molecule has 0 aliphatic rings. The van der Waals surface area contributed by atoms with Gasteiger partial charge in [0.1, 0.15) is 0 Å². The molecule has 78 valence electrons. The highest BCUT2D eigenvalue weighted by molar-refractivity contribution is 7.99. The molecule has 0 saturated carbocycles. The molecule has 2 aromatic rings. The van der Waals surface area contributed by atoms with Crippen LogP contribution in [-0.4, -0.2) is 37.0 Å². The van der Waals surface area contributed by atoms with Gasteiger partial charge < -0.3 is 5.11 Å². The van der Waals surface area contributed by atoms with E-state index in [9.17, 15) is 4.79 Å². The number of aliphatic carboxylic acids is 1. The fourth-order valence-corrected chi connectivity index (χ4v) is 2.16. The van der Waals surface area contributed by atoms with E-state index in [2.05, 4.69) is 15.5 Å². The van der Waals surface area contributed by atoms with E-state index < -0.39 is 5.97 Å². The van der Waals surface area contributed by atoms with E-state index in [0.717, 1.165) is 17.4 Å². The first-order chi connectivity index (χ1) is 7.27. The van der Waals surface area contributed by atoms with E-state index in [0.29, 0.717) is 5.16 Å². The quantitative estimate of drug-likeness (QED) is 0.802. The molecule has 1 N–H and O–H groups in total. The number of hydrogen-bond acceptors (Lipinski definition) is 6. The normalized spacial score (nSPS) is 10.4. The lowest BCUT2D eigenvalue weighted by Gasteiger charge is -1.98. The van der Waals surface area contributed by atoms with E-state index in [1.54, 1.807) is 0 Å². The average molecular weight is 242 g/mol. The summed E-state index contributed by atoms with van der Waals surface area (Å²) in [5, 5.41) is 23.9. The number of thiophene rings is 1. The molecule has 0 bridgehead atoms. The van der Waals surface area contributed by atoms with Gasteiger partial charge in [0.2, 0.25) is 5.16 Å². The molecule has 2 aromatic heterocycles. The first-order valence-corrected chi connectivity index (χ1v) is 5.86. The predicted molar refractivity (Wildman–Crippen MR) is 55.4 cm³/mol. The molecule has 0 fully saturated rings. The molecule has 8 heteroatoms. The number of carbonyl (C=O) groups is 1. The van der Waals surface area contributed by atoms with Crippen molar-refractivity contribution in [1.29, 1.82) is 0 Å². The third-order valence-electron chi connectivity index (χ3n) is 1.52. The molecule has 0 radical (unpaired) electrons. The molecule has 0 aliphatic heterocycles. The Labute approximate surface area is 92.9 Å². The van der Waals surface area contributed by atoms with E-state index in [1.165, 1.54) is 16.0 Å². The van der Waals surface area contributed by atoms with Crippen molar-refractivity contribution in [3.8, 4) is 5.69 Å². The van der Waals surface area contributed by atoms with Gasteiger partial charge in [0.15, 0.2) is 0 Å². The highest BCUT2D eigenvalue weighted by Crippen LogP contribution is 2.19. The SMILES string of the molecule is O=C(O)CSc1nnnn1-c1ccsc1. The van der Waals surface area contributed by atoms with Crippen molar-refractivity contribution in [3.05, 3.63) is 16.8 Å². The third kappa shape index (κ3) is 2.34. The summed E-state index contributed by atoms with van der Waals surface area (Å²) in [7, 11) is 0. The summed E-state index contributed by atoms with van der Waals surface area (Å²) < 4.78 is 1.52. The minimum absolute atomic E-state index is 0.0511. The van der Waals surface area contributed by atoms with Crippen LogP contribution in [0, 0.1) is 0 Å². The van der Waals surface area contributed by atoms with Crippen LogP contribution in [0.25, 0.3) is 5.69 Å². The molecule has 0 unspecified atom stereocenters. The largest absolute Gasteiger partial charge is 0.481 e. The molecule has 0 aliphatic carbocycles. The maximum atomic E-state index is 10.4. The molecule has 15 heavy (non-hydrogen) atoms. The summed E-state index contributed by atoms with van der Waals surface area (Å²) in [6.07, 6.45) is 0. The molecule has 2 heterocycles. The van der Waals surface area contributed by atoms with Crippen LogP contribution in [0.4, 0.5) is 0 Å². The van der Waals surface area contributed by atoms with E-state index >= 15 is 0 Å². The second kappa shape index (κ2) is 4.41. The molecule has 0 amide bonds. The highest BCUT2D eigenvalue weighted by Gasteiger charge is 2.10. The fraction of sp³-hybridized carbons (Fsp3) is 0.143. The Hall–Kier alpha value is -1.41. The van der Waals surface area contributed by atoms with Crippen LogP contribution in [0.15, 0.2) is 22.0 Å². The van der Waals surface area contributed by atoms with Crippen molar-refractivity contribution in [2.24, 2.45) is 0 Å². The Morgan fingerprint density at radius 1 is 1.67 bits per heavy atom. The lowest BCUT2D eigenvalue weighted by Crippen LogP contribution is -2.02. The Kier molecular flexibility index (Phi) is 2.97. The van der Waals surface area contributed by atoms with E-state index in [1.807, 2.05) is 16.8 Å². The van der Waals surface area contributed by atoms with Gasteiger partial charge >= 0.3 is 5.97 Å². The highest BCUT2D eigenvalue weighted by atomic mass is 32.2. The van der Waals surface area contributed by atoms with E-state index in [-0.39, 0.29) is 5.75 Å². The monoisotopic (exact) mass is 242 g/mol. The molecule has 0 spiro atoms. The minimum atomic E-state index is -0.889.